The Morgan fingerprint density at radius 2 is 1.79 bits per heavy atom. The number of carboxylic acid groups (broad SMARTS) is 1. The van der Waals surface area contributed by atoms with Crippen molar-refractivity contribution in [1.29, 1.82) is 0 Å². The summed E-state index contributed by atoms with van der Waals surface area (Å²) in [7, 11) is 0. The van der Waals surface area contributed by atoms with Gasteiger partial charge in [-0.05, 0) is 35.2 Å². The van der Waals surface area contributed by atoms with Gasteiger partial charge in [0.2, 0.25) is 5.91 Å². The summed E-state index contributed by atoms with van der Waals surface area (Å²) < 4.78 is 0. The monoisotopic (exact) mass is 397 g/mol. The summed E-state index contributed by atoms with van der Waals surface area (Å²) in [6.07, 6.45) is -1.05. The van der Waals surface area contributed by atoms with Gasteiger partial charge < -0.3 is 10.4 Å². The molecule has 1 saturated heterocycles. The van der Waals surface area contributed by atoms with Gasteiger partial charge in [0.25, 0.3) is 0 Å². The molecule has 1 unspecified atom stereocenters. The molecule has 1 aliphatic rings. The fourth-order valence-electron chi connectivity index (χ4n) is 3.05. The summed E-state index contributed by atoms with van der Waals surface area (Å²) in [6.45, 7) is 5.96. The molecule has 0 bridgehead atoms. The van der Waals surface area contributed by atoms with Crippen LogP contribution in [0.4, 0.5) is 16.2 Å². The third-order valence-corrected chi connectivity index (χ3v) is 5.29. The maximum absolute atomic E-state index is 12.3. The van der Waals surface area contributed by atoms with E-state index >= 15 is 0 Å². The average molecular weight is 398 g/mol. The van der Waals surface area contributed by atoms with E-state index in [1.165, 1.54) is 11.8 Å². The van der Waals surface area contributed by atoms with Crippen LogP contribution in [0.15, 0.2) is 59.6 Å². The van der Waals surface area contributed by atoms with Gasteiger partial charge in [-0.3, -0.25) is 9.69 Å². The van der Waals surface area contributed by atoms with E-state index in [0.717, 1.165) is 11.3 Å². The molecule has 6 nitrogen and oxygen atoms in total. The highest BCUT2D eigenvalue weighted by Gasteiger charge is 2.30. The second-order valence-electron chi connectivity index (χ2n) is 7.59. The Morgan fingerprint density at radius 1 is 1.14 bits per heavy atom. The van der Waals surface area contributed by atoms with Crippen LogP contribution in [0.2, 0.25) is 0 Å². The molecule has 0 spiro atoms. The Morgan fingerprint density at radius 3 is 2.36 bits per heavy atom. The summed E-state index contributed by atoms with van der Waals surface area (Å²) in [5.74, 6) is 0.366. The predicted octanol–water partition coefficient (Wildman–Crippen LogP) is 4.81. The zero-order valence-corrected chi connectivity index (χ0v) is 16.9. The molecular weight excluding hydrogens is 374 g/mol. The largest absolute Gasteiger partial charge is 0.465 e. The molecule has 0 radical (unpaired) electrons. The second-order valence-corrected chi connectivity index (χ2v) is 8.53. The van der Waals surface area contributed by atoms with E-state index in [2.05, 4.69) is 10.3 Å². The van der Waals surface area contributed by atoms with Gasteiger partial charge in [-0.25, -0.2) is 9.79 Å². The van der Waals surface area contributed by atoms with Gasteiger partial charge in [-0.1, -0.05) is 62.9 Å². The summed E-state index contributed by atoms with van der Waals surface area (Å²) in [5.41, 5.74) is 2.11. The zero-order chi connectivity index (χ0) is 20.3. The van der Waals surface area contributed by atoms with Crippen LogP contribution in [-0.2, 0) is 4.79 Å². The van der Waals surface area contributed by atoms with Crippen LogP contribution in [0, 0.1) is 5.41 Å². The van der Waals surface area contributed by atoms with E-state index in [-0.39, 0.29) is 17.4 Å². The average Bonchev–Trinajstić information content (AvgIpc) is 3.00. The highest BCUT2D eigenvalue weighted by atomic mass is 32.2. The lowest BCUT2D eigenvalue weighted by molar-refractivity contribution is -0.115. The van der Waals surface area contributed by atoms with Crippen molar-refractivity contribution >= 4 is 40.3 Å². The second kappa shape index (κ2) is 8.06. The number of benzene rings is 2. The minimum absolute atomic E-state index is 0.00465. The third-order valence-electron chi connectivity index (χ3n) is 4.36. The van der Waals surface area contributed by atoms with Gasteiger partial charge in [0, 0.05) is 0 Å². The summed E-state index contributed by atoms with van der Waals surface area (Å²) >= 11 is 1.41. The van der Waals surface area contributed by atoms with E-state index in [9.17, 15) is 9.59 Å². The Balaban J connectivity index is 1.87. The molecule has 1 aliphatic heterocycles. The number of anilines is 1. The first-order valence-electron chi connectivity index (χ1n) is 8.94. The Kier molecular flexibility index (Phi) is 5.74. The number of amidine groups is 1. The van der Waals surface area contributed by atoms with E-state index < -0.39 is 6.09 Å². The molecule has 1 heterocycles. The molecule has 3 rings (SSSR count). The Labute approximate surface area is 168 Å². The highest BCUT2D eigenvalue weighted by molar-refractivity contribution is 8.15. The number of hydrogen-bond donors (Lipinski definition) is 2. The molecule has 0 aromatic heterocycles. The number of nitrogens with one attached hydrogen (secondary N) is 1. The van der Waals surface area contributed by atoms with Crippen molar-refractivity contribution in [1.82, 2.24) is 5.32 Å². The van der Waals surface area contributed by atoms with Gasteiger partial charge in [0.05, 0.1) is 23.2 Å². The standard InChI is InChI=1S/C21H23N3O3S/c1-21(2,3)18(23-20(26)27)14-9-11-15(12-10-14)22-19-24(17(25)13-28-19)16-7-5-4-6-8-16/h4-12,18,23H,13H2,1-3H3,(H,26,27). The number of nitrogens with zero attached hydrogens (tertiary/aromatic N) is 2. The van der Waals surface area contributed by atoms with E-state index in [4.69, 9.17) is 5.11 Å². The molecule has 146 valence electrons. The maximum Gasteiger partial charge on any atom is 0.405 e. The molecule has 2 amide bonds. The number of amides is 2. The number of thioether (sulfide) groups is 1. The van der Waals surface area contributed by atoms with E-state index in [1.54, 1.807) is 4.90 Å². The minimum atomic E-state index is -1.05. The zero-order valence-electron chi connectivity index (χ0n) is 16.0. The molecule has 1 fully saturated rings. The number of hydrogen-bond acceptors (Lipinski definition) is 4. The van der Waals surface area contributed by atoms with E-state index in [0.29, 0.717) is 16.6 Å². The SMILES string of the molecule is CC(C)(C)C(NC(=O)O)c1ccc(N=C2SCC(=O)N2c2ccccc2)cc1. The summed E-state index contributed by atoms with van der Waals surface area (Å²) in [6, 6.07) is 16.5. The molecule has 0 aliphatic carbocycles. The molecular formula is C21H23N3O3S. The first kappa shape index (κ1) is 19.9. The van der Waals surface area contributed by atoms with Crippen molar-refractivity contribution in [3.8, 4) is 0 Å². The lowest BCUT2D eigenvalue weighted by Gasteiger charge is -2.31. The number of carbonyl (C=O) groups excluding carboxylic acids is 1. The summed E-state index contributed by atoms with van der Waals surface area (Å²) in [5, 5.41) is 12.4. The quantitative estimate of drug-likeness (QED) is 0.776. The Bertz CT molecular complexity index is 889. The highest BCUT2D eigenvalue weighted by Crippen LogP contribution is 2.34. The first-order valence-corrected chi connectivity index (χ1v) is 9.93. The van der Waals surface area contributed by atoms with Gasteiger partial charge in [-0.15, -0.1) is 0 Å². The fourth-order valence-corrected chi connectivity index (χ4v) is 3.94. The predicted molar refractivity (Wildman–Crippen MR) is 113 cm³/mol. The van der Waals surface area contributed by atoms with Crippen molar-refractivity contribution in [3.05, 3.63) is 60.2 Å². The van der Waals surface area contributed by atoms with Gasteiger partial charge in [0.1, 0.15) is 0 Å². The topological polar surface area (TPSA) is 82.0 Å². The van der Waals surface area contributed by atoms with Crippen molar-refractivity contribution in [2.24, 2.45) is 10.4 Å². The lowest BCUT2D eigenvalue weighted by Crippen LogP contribution is -2.35. The third kappa shape index (κ3) is 4.54. The van der Waals surface area contributed by atoms with Crippen LogP contribution in [0.5, 0.6) is 0 Å². The minimum Gasteiger partial charge on any atom is -0.465 e. The number of carbonyl (C=O) groups is 2. The van der Waals surface area contributed by atoms with Crippen molar-refractivity contribution in [3.63, 3.8) is 0 Å². The number of rotatable bonds is 4. The fraction of sp³-hybridized carbons (Fsp3) is 0.286. The number of para-hydroxylation sites is 1. The van der Waals surface area contributed by atoms with Crippen molar-refractivity contribution in [2.75, 3.05) is 10.7 Å². The first-order chi connectivity index (χ1) is 13.3. The van der Waals surface area contributed by atoms with Crippen molar-refractivity contribution < 1.29 is 14.7 Å². The van der Waals surface area contributed by atoms with E-state index in [1.807, 2.05) is 75.4 Å². The molecule has 28 heavy (non-hydrogen) atoms. The molecule has 1 atom stereocenters. The Hall–Kier alpha value is -2.80. The van der Waals surface area contributed by atoms with Crippen molar-refractivity contribution in [2.45, 2.75) is 26.8 Å². The van der Waals surface area contributed by atoms with Gasteiger partial charge in [0.15, 0.2) is 5.17 Å². The molecule has 2 aromatic carbocycles. The van der Waals surface area contributed by atoms with Crippen LogP contribution in [0.25, 0.3) is 0 Å². The molecule has 2 aromatic rings. The molecule has 7 heteroatoms. The van der Waals surface area contributed by atoms with Crippen LogP contribution in [0.1, 0.15) is 32.4 Å². The van der Waals surface area contributed by atoms with Gasteiger partial charge >= 0.3 is 6.09 Å². The maximum atomic E-state index is 12.3. The lowest BCUT2D eigenvalue weighted by atomic mass is 9.82. The van der Waals surface area contributed by atoms with Crippen LogP contribution in [-0.4, -0.2) is 28.0 Å². The van der Waals surface area contributed by atoms with Gasteiger partial charge in [-0.2, -0.15) is 0 Å². The van der Waals surface area contributed by atoms with Crippen LogP contribution < -0.4 is 10.2 Å². The normalized spacial score (nSPS) is 17.0. The number of aliphatic imine (C=N–C) groups is 1. The van der Waals surface area contributed by atoms with Crippen LogP contribution >= 0.6 is 11.8 Å². The van der Waals surface area contributed by atoms with Crippen LogP contribution in [0.3, 0.4) is 0 Å². The summed E-state index contributed by atoms with van der Waals surface area (Å²) in [4.78, 5) is 29.7. The smallest absolute Gasteiger partial charge is 0.405 e. The molecule has 0 saturated carbocycles. The molecule has 2 N–H and O–H groups in total.